The average molecular weight is 461 g/mol. The Labute approximate surface area is 193 Å². The lowest BCUT2D eigenvalue weighted by atomic mass is 9.93. The third kappa shape index (κ3) is 3.98. The van der Waals surface area contributed by atoms with Crippen LogP contribution in [0.4, 0.5) is 5.13 Å². The number of furan rings is 1. The van der Waals surface area contributed by atoms with Gasteiger partial charge in [-0.05, 0) is 44.0 Å². The highest BCUT2D eigenvalue weighted by Gasteiger charge is 2.28. The van der Waals surface area contributed by atoms with Crippen molar-refractivity contribution in [1.29, 1.82) is 0 Å². The third-order valence-electron chi connectivity index (χ3n) is 5.49. The molecule has 166 valence electrons. The van der Waals surface area contributed by atoms with Gasteiger partial charge in [-0.2, -0.15) is 5.10 Å². The van der Waals surface area contributed by atoms with E-state index in [1.54, 1.807) is 19.1 Å². The Hall–Kier alpha value is -3.98. The number of aromatic nitrogens is 1. The number of amides is 2. The number of nitrogens with zero attached hydrogens (tertiary/aromatic N) is 2. The van der Waals surface area contributed by atoms with Crippen LogP contribution in [0.3, 0.4) is 0 Å². The third-order valence-corrected chi connectivity index (χ3v) is 6.44. The van der Waals surface area contributed by atoms with Crippen LogP contribution in [0.5, 0.6) is 5.75 Å². The van der Waals surface area contributed by atoms with Gasteiger partial charge in [0.05, 0.1) is 21.5 Å². The molecule has 0 aliphatic heterocycles. The summed E-state index contributed by atoms with van der Waals surface area (Å²) in [7, 11) is 0. The van der Waals surface area contributed by atoms with Crippen molar-refractivity contribution in [1.82, 2.24) is 10.4 Å². The van der Waals surface area contributed by atoms with Gasteiger partial charge in [-0.3, -0.25) is 14.9 Å². The molecule has 3 N–H and O–H groups in total. The minimum absolute atomic E-state index is 0.118. The zero-order chi connectivity index (χ0) is 22.9. The minimum atomic E-state index is -0.511. The Kier molecular flexibility index (Phi) is 5.39. The standard InChI is InChI=1S/C24H20N4O4S/c1-13-20-16(27-28-22(30)14-7-2-4-10-17(14)29)9-6-11-18(20)32-21(13)23(31)26-24-25-15-8-3-5-12-19(15)33-24/h2-5,7-8,10,12,29H,6,9,11H2,1H3,(H,28,30)(H,25,26,31)/b27-16+. The number of phenols is 1. The number of carbonyl (C=O) groups excluding carboxylic acids is 2. The predicted octanol–water partition coefficient (Wildman–Crippen LogP) is 4.63. The summed E-state index contributed by atoms with van der Waals surface area (Å²) in [6.45, 7) is 1.81. The van der Waals surface area contributed by atoms with Crippen LogP contribution in [0, 0.1) is 6.92 Å². The molecule has 5 rings (SSSR count). The number of hydrazone groups is 1. The molecular weight excluding hydrogens is 440 g/mol. The van der Waals surface area contributed by atoms with Crippen LogP contribution in [0.1, 0.15) is 50.6 Å². The highest BCUT2D eigenvalue weighted by molar-refractivity contribution is 7.22. The number of aromatic hydroxyl groups is 1. The summed E-state index contributed by atoms with van der Waals surface area (Å²) in [6.07, 6.45) is 2.09. The van der Waals surface area contributed by atoms with E-state index in [9.17, 15) is 14.7 Å². The molecule has 0 radical (unpaired) electrons. The lowest BCUT2D eigenvalue weighted by Gasteiger charge is -2.13. The summed E-state index contributed by atoms with van der Waals surface area (Å²) < 4.78 is 6.90. The molecule has 1 aliphatic rings. The smallest absolute Gasteiger partial charge is 0.293 e. The molecule has 9 heteroatoms. The topological polar surface area (TPSA) is 117 Å². The van der Waals surface area contributed by atoms with E-state index < -0.39 is 5.91 Å². The summed E-state index contributed by atoms with van der Waals surface area (Å²) in [5.74, 6) is -0.126. The molecule has 2 heterocycles. The van der Waals surface area contributed by atoms with E-state index in [-0.39, 0.29) is 23.0 Å². The Morgan fingerprint density at radius 1 is 1.09 bits per heavy atom. The van der Waals surface area contributed by atoms with Crippen LogP contribution in [0.15, 0.2) is 58.0 Å². The number of phenolic OH excluding ortho intramolecular Hbond substituents is 1. The quantitative estimate of drug-likeness (QED) is 0.384. The molecule has 0 unspecified atom stereocenters. The minimum Gasteiger partial charge on any atom is -0.507 e. The zero-order valence-electron chi connectivity index (χ0n) is 17.7. The maximum Gasteiger partial charge on any atom is 0.293 e. The summed E-state index contributed by atoms with van der Waals surface area (Å²) in [6, 6.07) is 13.9. The van der Waals surface area contributed by atoms with E-state index >= 15 is 0 Å². The number of thiazole rings is 1. The molecule has 1 aliphatic carbocycles. The van der Waals surface area contributed by atoms with Crippen molar-refractivity contribution in [2.24, 2.45) is 5.10 Å². The summed E-state index contributed by atoms with van der Waals surface area (Å²) >= 11 is 1.40. The van der Waals surface area contributed by atoms with Gasteiger partial charge in [0.1, 0.15) is 11.5 Å². The van der Waals surface area contributed by atoms with Gasteiger partial charge in [-0.25, -0.2) is 10.4 Å². The van der Waals surface area contributed by atoms with Gasteiger partial charge < -0.3 is 9.52 Å². The molecule has 33 heavy (non-hydrogen) atoms. The zero-order valence-corrected chi connectivity index (χ0v) is 18.5. The first kappa shape index (κ1) is 20.9. The first-order valence-corrected chi connectivity index (χ1v) is 11.3. The first-order chi connectivity index (χ1) is 16.0. The van der Waals surface area contributed by atoms with Crippen molar-refractivity contribution >= 4 is 44.2 Å². The number of fused-ring (bicyclic) bond motifs is 2. The maximum atomic E-state index is 12.9. The summed E-state index contributed by atoms with van der Waals surface area (Å²) in [4.78, 5) is 29.8. The molecule has 0 saturated heterocycles. The van der Waals surface area contributed by atoms with E-state index in [1.807, 2.05) is 24.3 Å². The fourth-order valence-corrected chi connectivity index (χ4v) is 4.78. The summed E-state index contributed by atoms with van der Waals surface area (Å²) in [5, 5.41) is 17.5. The Morgan fingerprint density at radius 3 is 2.70 bits per heavy atom. The van der Waals surface area contributed by atoms with Crippen molar-refractivity contribution in [2.45, 2.75) is 26.2 Å². The van der Waals surface area contributed by atoms with Gasteiger partial charge in [0.15, 0.2) is 10.9 Å². The second-order valence-corrected chi connectivity index (χ2v) is 8.70. The lowest BCUT2D eigenvalue weighted by molar-refractivity contribution is 0.0950. The second kappa shape index (κ2) is 8.51. The van der Waals surface area contributed by atoms with Crippen LogP contribution in [-0.2, 0) is 6.42 Å². The number of aryl methyl sites for hydroxylation is 1. The lowest BCUT2D eigenvalue weighted by Crippen LogP contribution is -2.22. The molecule has 2 aromatic carbocycles. The number of nitrogens with one attached hydrogen (secondary N) is 2. The highest BCUT2D eigenvalue weighted by Crippen LogP contribution is 2.31. The SMILES string of the molecule is Cc1c(C(=O)Nc2nc3ccccc3s2)oc2c1/C(=N/NC(=O)c1ccccc1O)CCC2. The second-order valence-electron chi connectivity index (χ2n) is 7.67. The molecule has 0 fully saturated rings. The Balaban J connectivity index is 1.39. The van der Waals surface area contributed by atoms with E-state index in [4.69, 9.17) is 4.42 Å². The van der Waals surface area contributed by atoms with Crippen molar-refractivity contribution in [3.8, 4) is 5.75 Å². The van der Waals surface area contributed by atoms with Crippen LogP contribution in [0.25, 0.3) is 10.2 Å². The van der Waals surface area contributed by atoms with Gasteiger partial charge in [0.2, 0.25) is 0 Å². The fraction of sp³-hybridized carbons (Fsp3) is 0.167. The maximum absolute atomic E-state index is 12.9. The molecule has 2 aromatic heterocycles. The van der Waals surface area contributed by atoms with E-state index in [1.165, 1.54) is 23.5 Å². The molecule has 2 amide bonds. The predicted molar refractivity (Wildman–Crippen MR) is 126 cm³/mol. The van der Waals surface area contributed by atoms with Crippen LogP contribution < -0.4 is 10.7 Å². The van der Waals surface area contributed by atoms with Gasteiger partial charge in [0, 0.05) is 17.5 Å². The van der Waals surface area contributed by atoms with Gasteiger partial charge in [-0.1, -0.05) is 35.6 Å². The first-order valence-electron chi connectivity index (χ1n) is 10.5. The molecule has 0 spiro atoms. The fourth-order valence-electron chi connectivity index (χ4n) is 3.92. The molecule has 0 saturated carbocycles. The van der Waals surface area contributed by atoms with Crippen molar-refractivity contribution < 1.29 is 19.1 Å². The van der Waals surface area contributed by atoms with Crippen LogP contribution in [-0.4, -0.2) is 27.6 Å². The number of anilines is 1. The van der Waals surface area contributed by atoms with E-state index in [0.717, 1.165) is 22.2 Å². The summed E-state index contributed by atoms with van der Waals surface area (Å²) in [5.41, 5.74) is 5.52. The average Bonchev–Trinajstić information content (AvgIpc) is 3.38. The number of benzene rings is 2. The van der Waals surface area contributed by atoms with E-state index in [2.05, 4.69) is 20.8 Å². The molecule has 0 atom stereocenters. The van der Waals surface area contributed by atoms with E-state index in [0.29, 0.717) is 35.0 Å². The molecule has 0 bridgehead atoms. The highest BCUT2D eigenvalue weighted by atomic mass is 32.1. The van der Waals surface area contributed by atoms with Crippen LogP contribution >= 0.6 is 11.3 Å². The largest absolute Gasteiger partial charge is 0.507 e. The van der Waals surface area contributed by atoms with Crippen molar-refractivity contribution in [3.63, 3.8) is 0 Å². The number of carbonyl (C=O) groups is 2. The van der Waals surface area contributed by atoms with Gasteiger partial charge >= 0.3 is 0 Å². The Morgan fingerprint density at radius 2 is 1.88 bits per heavy atom. The number of para-hydroxylation sites is 2. The van der Waals surface area contributed by atoms with Crippen molar-refractivity contribution in [2.75, 3.05) is 5.32 Å². The van der Waals surface area contributed by atoms with Gasteiger partial charge in [-0.15, -0.1) is 0 Å². The number of hydrogen-bond donors (Lipinski definition) is 3. The molecular formula is C24H20N4O4S. The Bertz CT molecular complexity index is 1390. The monoisotopic (exact) mass is 460 g/mol. The van der Waals surface area contributed by atoms with Gasteiger partial charge in [0.25, 0.3) is 11.8 Å². The molecule has 8 nitrogen and oxygen atoms in total. The van der Waals surface area contributed by atoms with Crippen LogP contribution in [0.2, 0.25) is 0 Å². The number of hydrogen-bond acceptors (Lipinski definition) is 7. The van der Waals surface area contributed by atoms with Crippen molar-refractivity contribution in [3.05, 3.63) is 76.7 Å². The normalized spacial score (nSPS) is 14.3. The number of rotatable bonds is 4. The molecule has 4 aromatic rings.